The van der Waals surface area contributed by atoms with E-state index < -0.39 is 0 Å². The third-order valence-electron chi connectivity index (χ3n) is 6.45. The van der Waals surface area contributed by atoms with Crippen molar-refractivity contribution in [1.29, 1.82) is 0 Å². The lowest BCUT2D eigenvalue weighted by molar-refractivity contribution is -0.133. The van der Waals surface area contributed by atoms with Crippen molar-refractivity contribution in [3.8, 4) is 0 Å². The van der Waals surface area contributed by atoms with Gasteiger partial charge in [-0.1, -0.05) is 18.6 Å². The van der Waals surface area contributed by atoms with E-state index >= 15 is 0 Å². The van der Waals surface area contributed by atoms with Gasteiger partial charge in [0.2, 0.25) is 5.91 Å². The van der Waals surface area contributed by atoms with Crippen LogP contribution in [0.5, 0.6) is 0 Å². The van der Waals surface area contributed by atoms with E-state index in [2.05, 4.69) is 10.1 Å². The number of aromatic amines is 1. The van der Waals surface area contributed by atoms with Gasteiger partial charge in [0.15, 0.2) is 0 Å². The van der Waals surface area contributed by atoms with Gasteiger partial charge in [-0.25, -0.2) is 9.67 Å². The summed E-state index contributed by atoms with van der Waals surface area (Å²) in [6, 6.07) is 9.74. The molecule has 1 N–H and O–H groups in total. The lowest BCUT2D eigenvalue weighted by Crippen LogP contribution is -2.42. The number of piperidine rings is 1. The number of likely N-dealkylation sites (tertiary alicyclic amines) is 1. The SMILES string of the molecule is O=C(Cn1nc2c(cc1=O)CCCCC2)N1CCC(c2nc3ccccc3[nH]2)CC1. The van der Waals surface area contributed by atoms with E-state index in [1.807, 2.05) is 29.2 Å². The Balaban J connectivity index is 1.24. The quantitative estimate of drug-likeness (QED) is 0.679. The molecule has 3 aromatic rings. The summed E-state index contributed by atoms with van der Waals surface area (Å²) in [5.74, 6) is 1.31. The highest BCUT2D eigenvalue weighted by molar-refractivity contribution is 5.76. The monoisotopic (exact) mass is 405 g/mol. The van der Waals surface area contributed by atoms with Crippen LogP contribution in [-0.4, -0.2) is 43.6 Å². The third-order valence-corrected chi connectivity index (χ3v) is 6.45. The molecule has 0 radical (unpaired) electrons. The zero-order valence-electron chi connectivity index (χ0n) is 17.1. The highest BCUT2D eigenvalue weighted by atomic mass is 16.2. The topological polar surface area (TPSA) is 83.9 Å². The molecule has 1 aliphatic carbocycles. The molecule has 7 nitrogen and oxygen atoms in total. The Morgan fingerprint density at radius 2 is 1.90 bits per heavy atom. The first kappa shape index (κ1) is 19.0. The molecule has 156 valence electrons. The average molecular weight is 406 g/mol. The Labute approximate surface area is 175 Å². The molecule has 2 aromatic heterocycles. The number of nitrogens with zero attached hydrogens (tertiary/aromatic N) is 4. The average Bonchev–Trinajstić information content (AvgIpc) is 3.08. The summed E-state index contributed by atoms with van der Waals surface area (Å²) in [5.41, 5.74) is 3.93. The van der Waals surface area contributed by atoms with E-state index in [0.717, 1.165) is 66.6 Å². The van der Waals surface area contributed by atoms with Gasteiger partial charge in [0.25, 0.3) is 5.56 Å². The number of nitrogens with one attached hydrogen (secondary N) is 1. The van der Waals surface area contributed by atoms with Gasteiger partial charge in [-0.2, -0.15) is 5.10 Å². The molecule has 7 heteroatoms. The van der Waals surface area contributed by atoms with Crippen LogP contribution in [-0.2, 0) is 24.2 Å². The summed E-state index contributed by atoms with van der Waals surface area (Å²) in [6.45, 7) is 1.39. The summed E-state index contributed by atoms with van der Waals surface area (Å²) < 4.78 is 1.36. The lowest BCUT2D eigenvalue weighted by atomic mass is 9.96. The van der Waals surface area contributed by atoms with Crippen molar-refractivity contribution >= 4 is 16.9 Å². The third kappa shape index (κ3) is 3.76. The number of benzene rings is 1. The molecule has 0 spiro atoms. The van der Waals surface area contributed by atoms with Gasteiger partial charge < -0.3 is 9.88 Å². The summed E-state index contributed by atoms with van der Waals surface area (Å²) in [4.78, 5) is 35.3. The Kier molecular flexibility index (Phi) is 5.11. The Morgan fingerprint density at radius 3 is 2.73 bits per heavy atom. The predicted octanol–water partition coefficient (Wildman–Crippen LogP) is 2.79. The Morgan fingerprint density at radius 1 is 1.10 bits per heavy atom. The van der Waals surface area contributed by atoms with Crippen LogP contribution >= 0.6 is 0 Å². The highest BCUT2D eigenvalue weighted by Crippen LogP contribution is 2.27. The van der Waals surface area contributed by atoms with Crippen LogP contribution in [0.4, 0.5) is 0 Å². The van der Waals surface area contributed by atoms with Crippen molar-refractivity contribution in [3.05, 3.63) is 57.8 Å². The highest BCUT2D eigenvalue weighted by Gasteiger charge is 2.26. The first-order valence-corrected chi connectivity index (χ1v) is 11.0. The van der Waals surface area contributed by atoms with Crippen molar-refractivity contribution in [3.63, 3.8) is 0 Å². The van der Waals surface area contributed by atoms with E-state index in [9.17, 15) is 9.59 Å². The number of aromatic nitrogens is 4. The standard InChI is InChI=1S/C23H27N5O2/c29-21-14-17-6-2-1-3-7-18(17)26-28(21)15-22(30)27-12-10-16(11-13-27)23-24-19-8-4-5-9-20(19)25-23/h4-5,8-9,14,16H,1-3,6-7,10-13,15H2,(H,24,25). The molecule has 0 bridgehead atoms. The normalized spacial score (nSPS) is 17.7. The van der Waals surface area contributed by atoms with E-state index in [1.165, 1.54) is 11.1 Å². The Bertz CT molecular complexity index is 1090. The van der Waals surface area contributed by atoms with Crippen molar-refractivity contribution in [2.45, 2.75) is 57.4 Å². The van der Waals surface area contributed by atoms with E-state index in [4.69, 9.17) is 4.98 Å². The molecule has 3 heterocycles. The van der Waals surface area contributed by atoms with Crippen LogP contribution in [0.2, 0.25) is 0 Å². The first-order valence-electron chi connectivity index (χ1n) is 11.0. The molecule has 0 unspecified atom stereocenters. The molecule has 0 atom stereocenters. The number of para-hydroxylation sites is 2. The fourth-order valence-corrected chi connectivity index (χ4v) is 4.69. The number of hydrogen-bond acceptors (Lipinski definition) is 4. The Hall–Kier alpha value is -2.96. The number of rotatable bonds is 3. The molecule has 0 saturated carbocycles. The van der Waals surface area contributed by atoms with Crippen LogP contribution in [0, 0.1) is 0 Å². The number of carbonyl (C=O) groups excluding carboxylic acids is 1. The molecule has 1 amide bonds. The van der Waals surface area contributed by atoms with Crippen LogP contribution in [0.25, 0.3) is 11.0 Å². The van der Waals surface area contributed by atoms with Crippen molar-refractivity contribution in [1.82, 2.24) is 24.6 Å². The smallest absolute Gasteiger partial charge is 0.267 e. The van der Waals surface area contributed by atoms with Gasteiger partial charge in [-0.15, -0.1) is 0 Å². The molecular weight excluding hydrogens is 378 g/mol. The minimum Gasteiger partial charge on any atom is -0.342 e. The lowest BCUT2D eigenvalue weighted by Gasteiger charge is -2.31. The molecular formula is C23H27N5O2. The molecule has 30 heavy (non-hydrogen) atoms. The number of imidazole rings is 1. The van der Waals surface area contributed by atoms with Crippen molar-refractivity contribution in [2.75, 3.05) is 13.1 Å². The molecule has 1 aliphatic heterocycles. The van der Waals surface area contributed by atoms with Gasteiger partial charge in [-0.05, 0) is 56.2 Å². The maximum Gasteiger partial charge on any atom is 0.267 e. The van der Waals surface area contributed by atoms with Crippen LogP contribution in [0.3, 0.4) is 0 Å². The van der Waals surface area contributed by atoms with Gasteiger partial charge in [0, 0.05) is 25.1 Å². The molecule has 2 aliphatic rings. The summed E-state index contributed by atoms with van der Waals surface area (Å²) in [6.07, 6.45) is 6.94. The van der Waals surface area contributed by atoms with E-state index in [0.29, 0.717) is 19.0 Å². The zero-order valence-corrected chi connectivity index (χ0v) is 17.1. The van der Waals surface area contributed by atoms with Crippen LogP contribution in [0.15, 0.2) is 35.1 Å². The van der Waals surface area contributed by atoms with Crippen molar-refractivity contribution < 1.29 is 4.79 Å². The largest absolute Gasteiger partial charge is 0.342 e. The molecule has 1 fully saturated rings. The number of carbonyl (C=O) groups is 1. The van der Waals surface area contributed by atoms with Gasteiger partial charge >= 0.3 is 0 Å². The maximum absolute atomic E-state index is 12.8. The zero-order chi connectivity index (χ0) is 20.5. The molecule has 1 aromatic carbocycles. The summed E-state index contributed by atoms with van der Waals surface area (Å²) in [5, 5.41) is 4.54. The second-order valence-electron chi connectivity index (χ2n) is 8.47. The second-order valence-corrected chi connectivity index (χ2v) is 8.47. The predicted molar refractivity (Wildman–Crippen MR) is 114 cm³/mol. The number of fused-ring (bicyclic) bond motifs is 2. The summed E-state index contributed by atoms with van der Waals surface area (Å²) >= 11 is 0. The maximum atomic E-state index is 12.8. The van der Waals surface area contributed by atoms with Crippen LogP contribution in [0.1, 0.15) is 55.1 Å². The molecule has 1 saturated heterocycles. The minimum absolute atomic E-state index is 0.0266. The van der Waals surface area contributed by atoms with Gasteiger partial charge in [-0.3, -0.25) is 9.59 Å². The summed E-state index contributed by atoms with van der Waals surface area (Å²) in [7, 11) is 0. The second kappa shape index (κ2) is 8.05. The molecule has 5 rings (SSSR count). The minimum atomic E-state index is -0.166. The van der Waals surface area contributed by atoms with E-state index in [-0.39, 0.29) is 18.0 Å². The van der Waals surface area contributed by atoms with Crippen molar-refractivity contribution in [2.24, 2.45) is 0 Å². The number of H-pyrrole nitrogens is 1. The number of hydrogen-bond donors (Lipinski definition) is 1. The van der Waals surface area contributed by atoms with Crippen LogP contribution < -0.4 is 5.56 Å². The number of aryl methyl sites for hydroxylation is 2. The van der Waals surface area contributed by atoms with E-state index in [1.54, 1.807) is 6.07 Å². The van der Waals surface area contributed by atoms with Gasteiger partial charge in [0.1, 0.15) is 12.4 Å². The fraction of sp³-hybridized carbons (Fsp3) is 0.478. The number of amides is 1. The first-order chi connectivity index (χ1) is 14.7. The fourth-order valence-electron chi connectivity index (χ4n) is 4.69. The van der Waals surface area contributed by atoms with Gasteiger partial charge in [0.05, 0.1) is 16.7 Å².